The highest BCUT2D eigenvalue weighted by atomic mass is 16.6. The largest absolute Gasteiger partial charge is 0.462 e. The van der Waals surface area contributed by atoms with Crippen molar-refractivity contribution in [3.8, 4) is 0 Å². The molecule has 0 heterocycles. The maximum absolute atomic E-state index is 12.4. The van der Waals surface area contributed by atoms with Gasteiger partial charge in [-0.2, -0.15) is 0 Å². The minimum Gasteiger partial charge on any atom is -0.462 e. The van der Waals surface area contributed by atoms with E-state index in [2.05, 4.69) is 160 Å². The first-order chi connectivity index (χ1) is 40.6. The normalized spacial score (nSPS) is 13.2. The maximum atomic E-state index is 12.4. The van der Waals surface area contributed by atoms with E-state index in [1.807, 2.05) is 0 Å². The number of allylic oxidation sites excluding steroid dienone is 24. The van der Waals surface area contributed by atoms with Gasteiger partial charge in [0.1, 0.15) is 6.61 Å². The molecule has 5 heteroatoms. The Morgan fingerprint density at radius 1 is 0.280 bits per heavy atom. The smallest absolute Gasteiger partial charge is 0.306 e. The molecule has 0 bridgehead atoms. The van der Waals surface area contributed by atoms with E-state index >= 15 is 0 Å². The summed E-state index contributed by atoms with van der Waals surface area (Å²) in [6.45, 7) is 3.92. The van der Waals surface area contributed by atoms with Gasteiger partial charge in [0.2, 0.25) is 0 Å². The molecule has 82 heavy (non-hydrogen) atoms. The second-order valence-electron chi connectivity index (χ2n) is 22.5. The number of carbonyl (C=O) groups is 2. The van der Waals surface area contributed by atoms with Crippen molar-refractivity contribution in [1.82, 2.24) is 0 Å². The Labute approximate surface area is 508 Å². The molecule has 0 saturated carbocycles. The summed E-state index contributed by atoms with van der Waals surface area (Å²) in [6, 6.07) is 0. The van der Waals surface area contributed by atoms with Gasteiger partial charge in [0.25, 0.3) is 0 Å². The molecule has 0 aliphatic heterocycles. The second kappa shape index (κ2) is 71.0. The third-order valence-electron chi connectivity index (χ3n) is 14.6. The molecule has 0 fully saturated rings. The highest BCUT2D eigenvalue weighted by Crippen LogP contribution is 2.17. The topological polar surface area (TPSA) is 72.8 Å². The lowest BCUT2D eigenvalue weighted by Gasteiger charge is -2.15. The molecule has 0 aliphatic rings. The fourth-order valence-corrected chi connectivity index (χ4v) is 9.57. The van der Waals surface area contributed by atoms with E-state index in [0.717, 1.165) is 122 Å². The van der Waals surface area contributed by atoms with Crippen LogP contribution in [0.25, 0.3) is 0 Å². The van der Waals surface area contributed by atoms with Crippen LogP contribution < -0.4 is 0 Å². The summed E-state index contributed by atoms with van der Waals surface area (Å²) in [4.78, 5) is 24.6. The van der Waals surface area contributed by atoms with Crippen molar-refractivity contribution in [3.63, 3.8) is 0 Å². The van der Waals surface area contributed by atoms with Crippen LogP contribution >= 0.6 is 0 Å². The van der Waals surface area contributed by atoms with E-state index in [4.69, 9.17) is 9.47 Å². The van der Waals surface area contributed by atoms with Gasteiger partial charge in [-0.25, -0.2) is 0 Å². The number of ether oxygens (including phenoxy) is 2. The lowest BCUT2D eigenvalue weighted by Crippen LogP contribution is -2.28. The summed E-state index contributed by atoms with van der Waals surface area (Å²) >= 11 is 0. The maximum Gasteiger partial charge on any atom is 0.306 e. The van der Waals surface area contributed by atoms with Gasteiger partial charge >= 0.3 is 11.9 Å². The predicted molar refractivity (Wildman–Crippen MR) is 361 cm³/mol. The molecule has 1 N–H and O–H groups in total. The van der Waals surface area contributed by atoms with Crippen molar-refractivity contribution in [3.05, 3.63) is 146 Å². The fourth-order valence-electron chi connectivity index (χ4n) is 9.57. The van der Waals surface area contributed by atoms with Crippen LogP contribution in [0, 0.1) is 0 Å². The Bertz CT molecular complexity index is 1710. The van der Waals surface area contributed by atoms with Crippen molar-refractivity contribution in [2.75, 3.05) is 13.2 Å². The van der Waals surface area contributed by atoms with Crippen LogP contribution in [0.1, 0.15) is 309 Å². The number of aliphatic hydroxyl groups excluding tert-OH is 1. The first-order valence-corrected chi connectivity index (χ1v) is 34.4. The van der Waals surface area contributed by atoms with Gasteiger partial charge in [-0.15, -0.1) is 0 Å². The predicted octanol–water partition coefficient (Wildman–Crippen LogP) is 24.1. The third-order valence-corrected chi connectivity index (χ3v) is 14.6. The second-order valence-corrected chi connectivity index (χ2v) is 22.5. The Balaban J connectivity index is 3.49. The molecule has 0 rings (SSSR count). The van der Waals surface area contributed by atoms with Gasteiger partial charge < -0.3 is 14.6 Å². The summed E-state index contributed by atoms with van der Waals surface area (Å²) in [7, 11) is 0. The molecule has 0 saturated heterocycles. The third kappa shape index (κ3) is 68.3. The highest BCUT2D eigenvalue weighted by Gasteiger charge is 2.16. The molecule has 5 nitrogen and oxygen atoms in total. The SMILES string of the molecule is CC/C=C\C/C=C\C/C=C\C/C=C\C/C=C\C/C=C\C/C=C\CCCCCCCCCC(=O)OC(CO)COC(=O)CCCCCCCCCCCCCCCCCCCCCCCCC/C=C\C/C=C\C/C=C\C/C=C\C/C=C\CC. The van der Waals surface area contributed by atoms with E-state index in [9.17, 15) is 14.7 Å². The van der Waals surface area contributed by atoms with Crippen molar-refractivity contribution in [2.45, 2.75) is 315 Å². The number of carbonyl (C=O) groups excluding carboxylic acids is 2. The summed E-state index contributed by atoms with van der Waals surface area (Å²) in [6.07, 6.45) is 107. The quantitative estimate of drug-likeness (QED) is 0.0373. The Kier molecular flexibility index (Phi) is 67.4. The lowest BCUT2D eigenvalue weighted by molar-refractivity contribution is -0.161. The average Bonchev–Trinajstić information content (AvgIpc) is 3.49. The standard InChI is InChI=1S/C77H128O5/c1-3-5-7-9-11-13-15-17-19-21-23-25-27-29-31-33-34-35-36-37-38-39-40-41-42-44-45-47-49-51-53-55-57-59-61-63-65-67-69-71-76(79)81-74-75(73-78)82-77(80)72-70-68-66-64-62-60-58-56-54-52-50-48-46-43-32-30-28-26-24-22-20-18-16-14-12-10-8-6-4-2/h5-8,11-14,17-20,23-26,29-32,46,48,52,54,75,78H,3-4,9-10,15-16,21-22,27-28,33-45,47,49-51,53,55-74H2,1-2H3/b7-5-,8-6-,13-11-,14-12-,19-17-,20-18-,25-23-,26-24-,31-29-,32-30-,48-46-,54-52-. The minimum absolute atomic E-state index is 0.0751. The van der Waals surface area contributed by atoms with Crippen molar-refractivity contribution in [1.29, 1.82) is 0 Å². The molecular weight excluding hydrogens is 1000 g/mol. The van der Waals surface area contributed by atoms with E-state index in [1.54, 1.807) is 0 Å². The molecule has 0 aromatic rings. The molecule has 1 atom stereocenters. The number of unbranched alkanes of at least 4 members (excludes halogenated alkanes) is 30. The monoisotopic (exact) mass is 1130 g/mol. The van der Waals surface area contributed by atoms with Crippen LogP contribution in [0.4, 0.5) is 0 Å². The summed E-state index contributed by atoms with van der Waals surface area (Å²) < 4.78 is 10.7. The van der Waals surface area contributed by atoms with E-state index in [0.29, 0.717) is 12.8 Å². The van der Waals surface area contributed by atoms with E-state index in [-0.39, 0.29) is 25.2 Å². The van der Waals surface area contributed by atoms with Crippen molar-refractivity contribution < 1.29 is 24.2 Å². The van der Waals surface area contributed by atoms with Gasteiger partial charge in [-0.3, -0.25) is 9.59 Å². The van der Waals surface area contributed by atoms with Gasteiger partial charge in [0.15, 0.2) is 6.10 Å². The first kappa shape index (κ1) is 77.8. The zero-order chi connectivity index (χ0) is 59.1. The fraction of sp³-hybridized carbons (Fsp3) is 0.662. The Morgan fingerprint density at radius 2 is 0.488 bits per heavy atom. The number of aliphatic hydroxyl groups is 1. The first-order valence-electron chi connectivity index (χ1n) is 34.4. The van der Waals surface area contributed by atoms with Crippen LogP contribution in [0.2, 0.25) is 0 Å². The molecule has 0 aliphatic carbocycles. The van der Waals surface area contributed by atoms with Crippen LogP contribution in [0.5, 0.6) is 0 Å². The van der Waals surface area contributed by atoms with Crippen molar-refractivity contribution in [2.24, 2.45) is 0 Å². The summed E-state index contributed by atoms with van der Waals surface area (Å²) in [5.41, 5.74) is 0. The Morgan fingerprint density at radius 3 is 0.732 bits per heavy atom. The molecule has 466 valence electrons. The van der Waals surface area contributed by atoms with Crippen molar-refractivity contribution >= 4 is 11.9 Å². The van der Waals surface area contributed by atoms with E-state index < -0.39 is 6.10 Å². The van der Waals surface area contributed by atoms with Gasteiger partial charge in [-0.05, 0) is 116 Å². The Hall–Kier alpha value is -4.22. The molecule has 0 aromatic carbocycles. The zero-order valence-corrected chi connectivity index (χ0v) is 53.5. The van der Waals surface area contributed by atoms with Crippen LogP contribution in [-0.4, -0.2) is 36.4 Å². The average molecular weight is 1130 g/mol. The van der Waals surface area contributed by atoms with Gasteiger partial charge in [0.05, 0.1) is 6.61 Å². The number of hydrogen-bond donors (Lipinski definition) is 1. The molecule has 0 radical (unpaired) electrons. The van der Waals surface area contributed by atoms with Crippen LogP contribution in [0.15, 0.2) is 146 Å². The molecule has 1 unspecified atom stereocenters. The van der Waals surface area contributed by atoms with Crippen LogP contribution in [0.3, 0.4) is 0 Å². The molecule has 0 spiro atoms. The molecule has 0 aromatic heterocycles. The number of rotatable bonds is 62. The van der Waals surface area contributed by atoms with Crippen LogP contribution in [-0.2, 0) is 19.1 Å². The summed E-state index contributed by atoms with van der Waals surface area (Å²) in [5, 5.41) is 9.70. The number of esters is 2. The lowest BCUT2D eigenvalue weighted by atomic mass is 10.0. The van der Waals surface area contributed by atoms with Gasteiger partial charge in [0, 0.05) is 12.8 Å². The molecular formula is C77H128O5. The summed E-state index contributed by atoms with van der Waals surface area (Å²) in [5.74, 6) is -0.600. The van der Waals surface area contributed by atoms with Gasteiger partial charge in [-0.1, -0.05) is 327 Å². The van der Waals surface area contributed by atoms with E-state index in [1.165, 1.54) is 161 Å². The minimum atomic E-state index is -0.788. The highest BCUT2D eigenvalue weighted by molar-refractivity contribution is 5.70. The number of hydrogen-bond acceptors (Lipinski definition) is 5. The zero-order valence-electron chi connectivity index (χ0n) is 53.5. The molecule has 0 amide bonds.